The Hall–Kier alpha value is -0.0200. The van der Waals surface area contributed by atoms with E-state index in [4.69, 9.17) is 34.8 Å². The van der Waals surface area contributed by atoms with Crippen LogP contribution in [0.4, 0.5) is 0 Å². The molecular formula is C10H5BrCl3N. The Morgan fingerprint density at radius 3 is 2.47 bits per heavy atom. The van der Waals surface area contributed by atoms with Gasteiger partial charge >= 0.3 is 0 Å². The summed E-state index contributed by atoms with van der Waals surface area (Å²) in [5, 5.41) is 2.15. The van der Waals surface area contributed by atoms with Crippen molar-refractivity contribution in [3.63, 3.8) is 0 Å². The minimum absolute atomic E-state index is 0.431. The lowest BCUT2D eigenvalue weighted by Gasteiger charge is -2.07. The summed E-state index contributed by atoms with van der Waals surface area (Å²) < 4.78 is 0.847. The quantitative estimate of drug-likeness (QED) is 0.602. The Labute approximate surface area is 110 Å². The van der Waals surface area contributed by atoms with Crippen molar-refractivity contribution in [2.75, 3.05) is 0 Å². The lowest BCUT2D eigenvalue weighted by molar-refractivity contribution is 1.25. The first-order chi connectivity index (χ1) is 7.00. The van der Waals surface area contributed by atoms with Crippen LogP contribution in [0.5, 0.6) is 0 Å². The molecule has 0 radical (unpaired) electrons. The summed E-state index contributed by atoms with van der Waals surface area (Å²) in [4.78, 5) is 4.33. The minimum atomic E-state index is 0.431. The van der Waals surface area contributed by atoms with Crippen LogP contribution in [0.15, 0.2) is 16.6 Å². The molecule has 5 heteroatoms. The predicted octanol–water partition coefficient (Wildman–Crippen LogP) is 5.27. The third-order valence-corrected chi connectivity index (χ3v) is 3.71. The first-order valence-corrected chi connectivity index (χ1v) is 6.03. The molecule has 78 valence electrons. The van der Waals surface area contributed by atoms with Crippen molar-refractivity contribution in [1.82, 2.24) is 4.98 Å². The van der Waals surface area contributed by atoms with Gasteiger partial charge in [-0.15, -0.1) is 0 Å². The highest BCUT2D eigenvalue weighted by Gasteiger charge is 2.12. The first kappa shape index (κ1) is 11.5. The third-order valence-electron chi connectivity index (χ3n) is 2.01. The lowest BCUT2D eigenvalue weighted by atomic mass is 10.2. The molecular weight excluding hydrogens is 320 g/mol. The summed E-state index contributed by atoms with van der Waals surface area (Å²) in [6.07, 6.45) is 0. The Bertz CT molecular complexity index is 554. The van der Waals surface area contributed by atoms with Gasteiger partial charge in [0.15, 0.2) is 0 Å². The van der Waals surface area contributed by atoms with E-state index in [1.165, 1.54) is 0 Å². The number of pyridine rings is 1. The molecule has 0 fully saturated rings. The molecule has 15 heavy (non-hydrogen) atoms. The smallest absolute Gasteiger partial charge is 0.0918 e. The number of benzene rings is 1. The molecule has 0 spiro atoms. The lowest BCUT2D eigenvalue weighted by Crippen LogP contribution is -1.87. The third kappa shape index (κ3) is 1.96. The van der Waals surface area contributed by atoms with E-state index in [1.54, 1.807) is 6.07 Å². The van der Waals surface area contributed by atoms with Gasteiger partial charge in [-0.05, 0) is 35.0 Å². The van der Waals surface area contributed by atoms with Crippen LogP contribution < -0.4 is 0 Å². The van der Waals surface area contributed by atoms with E-state index < -0.39 is 0 Å². The van der Waals surface area contributed by atoms with Crippen molar-refractivity contribution in [3.8, 4) is 0 Å². The fourth-order valence-electron chi connectivity index (χ4n) is 1.38. The summed E-state index contributed by atoms with van der Waals surface area (Å²) in [7, 11) is 0. The van der Waals surface area contributed by atoms with Crippen molar-refractivity contribution in [2.24, 2.45) is 0 Å². The Morgan fingerprint density at radius 2 is 1.80 bits per heavy atom. The van der Waals surface area contributed by atoms with E-state index in [-0.39, 0.29) is 0 Å². The fourth-order valence-corrected chi connectivity index (χ4v) is 2.96. The zero-order valence-corrected chi connectivity index (χ0v) is 11.5. The van der Waals surface area contributed by atoms with Gasteiger partial charge in [-0.25, -0.2) is 0 Å². The summed E-state index contributed by atoms with van der Waals surface area (Å²) in [6, 6.07) is 3.48. The fraction of sp³-hybridized carbons (Fsp3) is 0.100. The number of rotatable bonds is 0. The van der Waals surface area contributed by atoms with Crippen LogP contribution in [-0.4, -0.2) is 4.98 Å². The zero-order valence-electron chi connectivity index (χ0n) is 7.61. The maximum atomic E-state index is 6.10. The SMILES string of the molecule is Cc1cc(Br)c2c(Cl)c(Cl)cc(Cl)c2n1. The van der Waals surface area contributed by atoms with Crippen LogP contribution in [0.3, 0.4) is 0 Å². The molecule has 0 aliphatic heterocycles. The van der Waals surface area contributed by atoms with Gasteiger partial charge in [0.05, 0.1) is 20.6 Å². The van der Waals surface area contributed by atoms with Crippen LogP contribution >= 0.6 is 50.7 Å². The molecule has 1 aromatic carbocycles. The molecule has 2 rings (SSSR count). The average Bonchev–Trinajstić information content (AvgIpc) is 2.13. The second-order valence-corrected chi connectivity index (χ2v) is 5.17. The highest BCUT2D eigenvalue weighted by molar-refractivity contribution is 9.10. The molecule has 0 N–H and O–H groups in total. The maximum absolute atomic E-state index is 6.10. The van der Waals surface area contributed by atoms with Crippen LogP contribution in [0, 0.1) is 6.92 Å². The molecule has 1 nitrogen and oxygen atoms in total. The van der Waals surface area contributed by atoms with E-state index in [0.29, 0.717) is 20.6 Å². The number of aryl methyl sites for hydroxylation is 1. The number of aromatic nitrogens is 1. The van der Waals surface area contributed by atoms with Crippen LogP contribution in [0.2, 0.25) is 15.1 Å². The van der Waals surface area contributed by atoms with Crippen molar-refractivity contribution >= 4 is 61.6 Å². The van der Waals surface area contributed by atoms with Crippen molar-refractivity contribution in [2.45, 2.75) is 6.92 Å². The minimum Gasteiger partial charge on any atom is -0.251 e. The summed E-state index contributed by atoms with van der Waals surface area (Å²) in [5.41, 5.74) is 1.53. The molecule has 0 unspecified atom stereocenters. The molecule has 1 heterocycles. The monoisotopic (exact) mass is 323 g/mol. The van der Waals surface area contributed by atoms with Gasteiger partial charge in [-0.1, -0.05) is 34.8 Å². The summed E-state index contributed by atoms with van der Waals surface area (Å²) in [5.74, 6) is 0. The predicted molar refractivity (Wildman–Crippen MR) is 69.2 cm³/mol. The second-order valence-electron chi connectivity index (χ2n) is 3.12. The molecule has 0 atom stereocenters. The molecule has 0 aliphatic rings. The Kier molecular flexibility index (Phi) is 3.13. The number of hydrogen-bond acceptors (Lipinski definition) is 1. The van der Waals surface area contributed by atoms with E-state index in [2.05, 4.69) is 20.9 Å². The standard InChI is InChI=1S/C10H5BrCl3N/c1-4-2-5(11)8-9(14)6(12)3-7(13)10(8)15-4/h2-3H,1H3. The van der Waals surface area contributed by atoms with Gasteiger partial charge in [0.1, 0.15) is 0 Å². The Morgan fingerprint density at radius 1 is 1.13 bits per heavy atom. The van der Waals surface area contributed by atoms with Gasteiger partial charge in [0, 0.05) is 15.6 Å². The maximum Gasteiger partial charge on any atom is 0.0918 e. The van der Waals surface area contributed by atoms with E-state index >= 15 is 0 Å². The number of hydrogen-bond donors (Lipinski definition) is 0. The number of nitrogens with zero attached hydrogens (tertiary/aromatic N) is 1. The highest BCUT2D eigenvalue weighted by Crippen LogP contribution is 2.38. The molecule has 2 aromatic rings. The van der Waals surface area contributed by atoms with Crippen molar-refractivity contribution in [3.05, 3.63) is 37.4 Å². The molecule has 1 aromatic heterocycles. The first-order valence-electron chi connectivity index (χ1n) is 4.11. The second kappa shape index (κ2) is 4.10. The van der Waals surface area contributed by atoms with E-state index in [9.17, 15) is 0 Å². The molecule has 0 saturated heterocycles. The van der Waals surface area contributed by atoms with E-state index in [0.717, 1.165) is 15.6 Å². The number of halogens is 4. The van der Waals surface area contributed by atoms with Gasteiger partial charge in [-0.3, -0.25) is 4.98 Å². The highest BCUT2D eigenvalue weighted by atomic mass is 79.9. The van der Waals surface area contributed by atoms with Crippen LogP contribution in [-0.2, 0) is 0 Å². The van der Waals surface area contributed by atoms with Crippen molar-refractivity contribution < 1.29 is 0 Å². The van der Waals surface area contributed by atoms with Crippen molar-refractivity contribution in [1.29, 1.82) is 0 Å². The normalized spacial score (nSPS) is 11.0. The molecule has 0 bridgehead atoms. The summed E-state index contributed by atoms with van der Waals surface area (Å²) in [6.45, 7) is 1.89. The molecule has 0 amide bonds. The largest absolute Gasteiger partial charge is 0.251 e. The number of fused-ring (bicyclic) bond motifs is 1. The average molecular weight is 325 g/mol. The Balaban J connectivity index is 3.03. The topological polar surface area (TPSA) is 12.9 Å². The molecule has 0 aliphatic carbocycles. The van der Waals surface area contributed by atoms with Gasteiger partial charge in [0.2, 0.25) is 0 Å². The summed E-state index contributed by atoms with van der Waals surface area (Å²) >= 11 is 21.5. The van der Waals surface area contributed by atoms with E-state index in [1.807, 2.05) is 13.0 Å². The zero-order chi connectivity index (χ0) is 11.2. The van der Waals surface area contributed by atoms with Gasteiger partial charge in [0.25, 0.3) is 0 Å². The van der Waals surface area contributed by atoms with Gasteiger partial charge < -0.3 is 0 Å². The van der Waals surface area contributed by atoms with Gasteiger partial charge in [-0.2, -0.15) is 0 Å². The molecule has 0 saturated carbocycles. The van der Waals surface area contributed by atoms with Crippen LogP contribution in [0.25, 0.3) is 10.9 Å². The van der Waals surface area contributed by atoms with Crippen LogP contribution in [0.1, 0.15) is 5.69 Å².